The molecule has 0 radical (unpaired) electrons. The van der Waals surface area contributed by atoms with Crippen LogP contribution in [0.15, 0.2) is 45.3 Å². The Morgan fingerprint density at radius 2 is 1.79 bits per heavy atom. The summed E-state index contributed by atoms with van der Waals surface area (Å²) < 4.78 is 7.45. The molecule has 2 rings (SSSR count). The molecule has 0 amide bonds. The number of aryl methyl sites for hydroxylation is 1. The number of hydrogen-bond donors (Lipinski definition) is 1. The highest BCUT2D eigenvalue weighted by Gasteiger charge is 2.03. The van der Waals surface area contributed by atoms with Crippen molar-refractivity contribution in [2.75, 3.05) is 12.4 Å². The number of hydrogen-bond acceptors (Lipinski definition) is 2. The predicted octanol–water partition coefficient (Wildman–Crippen LogP) is 5.14. The molecule has 4 heteroatoms. The van der Waals surface area contributed by atoms with Crippen LogP contribution in [0.5, 0.6) is 5.75 Å². The van der Waals surface area contributed by atoms with E-state index in [4.69, 9.17) is 4.74 Å². The van der Waals surface area contributed by atoms with Crippen LogP contribution < -0.4 is 10.1 Å². The van der Waals surface area contributed by atoms with E-state index in [9.17, 15) is 0 Å². The first kappa shape index (κ1) is 14.4. The van der Waals surface area contributed by atoms with Crippen LogP contribution in [0, 0.1) is 6.92 Å². The van der Waals surface area contributed by atoms with Gasteiger partial charge in [0.25, 0.3) is 0 Å². The largest absolute Gasteiger partial charge is 0.497 e. The minimum atomic E-state index is 0.749. The van der Waals surface area contributed by atoms with Crippen molar-refractivity contribution in [2.45, 2.75) is 13.5 Å². The van der Waals surface area contributed by atoms with Crippen LogP contribution in [0.2, 0.25) is 0 Å². The molecule has 2 aromatic rings. The maximum absolute atomic E-state index is 5.24. The summed E-state index contributed by atoms with van der Waals surface area (Å²) in [6, 6.07) is 12.2. The molecule has 0 aromatic heterocycles. The van der Waals surface area contributed by atoms with Crippen molar-refractivity contribution in [1.82, 2.24) is 0 Å². The van der Waals surface area contributed by atoms with Gasteiger partial charge in [-0.05, 0) is 54.4 Å². The number of anilines is 1. The fourth-order valence-corrected chi connectivity index (χ4v) is 2.40. The summed E-state index contributed by atoms with van der Waals surface area (Å²) in [4.78, 5) is 0. The summed E-state index contributed by atoms with van der Waals surface area (Å²) in [7, 11) is 1.68. The van der Waals surface area contributed by atoms with Crippen molar-refractivity contribution in [1.29, 1.82) is 0 Å². The highest BCUT2D eigenvalue weighted by Crippen LogP contribution is 2.24. The van der Waals surface area contributed by atoms with Crippen LogP contribution in [0.1, 0.15) is 11.1 Å². The third-order valence-electron chi connectivity index (χ3n) is 2.89. The van der Waals surface area contributed by atoms with Gasteiger partial charge in [0.15, 0.2) is 0 Å². The topological polar surface area (TPSA) is 21.3 Å². The second-order valence-corrected chi connectivity index (χ2v) is 5.98. The average molecular weight is 385 g/mol. The molecule has 2 aromatic carbocycles. The Morgan fingerprint density at radius 3 is 2.47 bits per heavy atom. The number of benzene rings is 2. The van der Waals surface area contributed by atoms with E-state index in [1.165, 1.54) is 11.1 Å². The van der Waals surface area contributed by atoms with E-state index in [1.54, 1.807) is 7.11 Å². The SMILES string of the molecule is COc1ccc(Br)c(CNc2ccc(Br)c(C)c2)c1. The van der Waals surface area contributed by atoms with Crippen molar-refractivity contribution >= 4 is 37.5 Å². The predicted molar refractivity (Wildman–Crippen MR) is 86.9 cm³/mol. The van der Waals surface area contributed by atoms with Gasteiger partial charge < -0.3 is 10.1 Å². The van der Waals surface area contributed by atoms with Crippen molar-refractivity contribution in [2.24, 2.45) is 0 Å². The normalized spacial score (nSPS) is 10.3. The summed E-state index contributed by atoms with van der Waals surface area (Å²) >= 11 is 7.06. The van der Waals surface area contributed by atoms with E-state index >= 15 is 0 Å². The molecule has 19 heavy (non-hydrogen) atoms. The molecule has 0 aliphatic heterocycles. The molecule has 0 bridgehead atoms. The molecule has 0 unspecified atom stereocenters. The minimum Gasteiger partial charge on any atom is -0.497 e. The molecule has 0 spiro atoms. The van der Waals surface area contributed by atoms with Gasteiger partial charge in [0.2, 0.25) is 0 Å². The number of halogens is 2. The van der Waals surface area contributed by atoms with Gasteiger partial charge >= 0.3 is 0 Å². The van der Waals surface area contributed by atoms with Gasteiger partial charge in [0, 0.05) is 21.2 Å². The van der Waals surface area contributed by atoms with E-state index in [0.29, 0.717) is 0 Å². The molecule has 0 heterocycles. The Kier molecular flexibility index (Phi) is 4.88. The molecular formula is C15H15Br2NO. The number of nitrogens with one attached hydrogen (secondary N) is 1. The van der Waals surface area contributed by atoms with Crippen molar-refractivity contribution in [3.63, 3.8) is 0 Å². The van der Waals surface area contributed by atoms with Gasteiger partial charge in [-0.1, -0.05) is 31.9 Å². The third-order valence-corrected chi connectivity index (χ3v) is 4.56. The summed E-state index contributed by atoms with van der Waals surface area (Å²) in [5, 5.41) is 3.41. The first-order valence-electron chi connectivity index (χ1n) is 5.92. The maximum atomic E-state index is 5.24. The lowest BCUT2D eigenvalue weighted by atomic mass is 10.2. The standard InChI is InChI=1S/C15H15Br2NO/c1-10-7-12(3-5-14(10)16)18-9-11-8-13(19-2)4-6-15(11)17/h3-8,18H,9H2,1-2H3. The molecule has 1 N–H and O–H groups in total. The molecular weight excluding hydrogens is 370 g/mol. The Bertz CT molecular complexity index is 584. The summed E-state index contributed by atoms with van der Waals surface area (Å²) in [6.45, 7) is 2.83. The molecule has 100 valence electrons. The van der Waals surface area contributed by atoms with Gasteiger partial charge in [-0.25, -0.2) is 0 Å². The fraction of sp³-hybridized carbons (Fsp3) is 0.200. The molecule has 0 saturated carbocycles. The van der Waals surface area contributed by atoms with E-state index in [2.05, 4.69) is 62.3 Å². The summed E-state index contributed by atoms with van der Waals surface area (Å²) in [5.41, 5.74) is 3.49. The van der Waals surface area contributed by atoms with Gasteiger partial charge in [0.1, 0.15) is 5.75 Å². The maximum Gasteiger partial charge on any atom is 0.119 e. The van der Waals surface area contributed by atoms with Gasteiger partial charge in [-0.3, -0.25) is 0 Å². The van der Waals surface area contributed by atoms with Crippen LogP contribution in [0.25, 0.3) is 0 Å². The van der Waals surface area contributed by atoms with E-state index in [0.717, 1.165) is 26.9 Å². The monoisotopic (exact) mass is 383 g/mol. The molecule has 0 fully saturated rings. The van der Waals surface area contributed by atoms with E-state index < -0.39 is 0 Å². The Hall–Kier alpha value is -1.00. The second-order valence-electron chi connectivity index (χ2n) is 4.27. The van der Waals surface area contributed by atoms with Gasteiger partial charge in [0.05, 0.1) is 7.11 Å². The Balaban J connectivity index is 2.11. The van der Waals surface area contributed by atoms with Crippen LogP contribution in [0.3, 0.4) is 0 Å². The number of ether oxygens (including phenoxy) is 1. The molecule has 0 saturated heterocycles. The second kappa shape index (κ2) is 6.44. The van der Waals surface area contributed by atoms with Gasteiger partial charge in [-0.2, -0.15) is 0 Å². The molecule has 2 nitrogen and oxygen atoms in total. The van der Waals surface area contributed by atoms with E-state index in [-0.39, 0.29) is 0 Å². The Labute approximate surface area is 130 Å². The number of methoxy groups -OCH3 is 1. The highest BCUT2D eigenvalue weighted by molar-refractivity contribution is 9.10. The lowest BCUT2D eigenvalue weighted by Crippen LogP contribution is -2.01. The highest BCUT2D eigenvalue weighted by atomic mass is 79.9. The van der Waals surface area contributed by atoms with Crippen molar-refractivity contribution in [3.8, 4) is 5.75 Å². The molecule has 0 atom stereocenters. The first-order valence-corrected chi connectivity index (χ1v) is 7.51. The smallest absolute Gasteiger partial charge is 0.119 e. The van der Waals surface area contributed by atoms with E-state index in [1.807, 2.05) is 18.2 Å². The fourth-order valence-electron chi connectivity index (χ4n) is 1.77. The average Bonchev–Trinajstić information content (AvgIpc) is 2.41. The first-order chi connectivity index (χ1) is 9.10. The quantitative estimate of drug-likeness (QED) is 0.787. The summed E-state index contributed by atoms with van der Waals surface area (Å²) in [6.07, 6.45) is 0. The minimum absolute atomic E-state index is 0.749. The lowest BCUT2D eigenvalue weighted by Gasteiger charge is -2.11. The number of rotatable bonds is 4. The van der Waals surface area contributed by atoms with Crippen LogP contribution in [0.4, 0.5) is 5.69 Å². The van der Waals surface area contributed by atoms with Gasteiger partial charge in [-0.15, -0.1) is 0 Å². The zero-order valence-electron chi connectivity index (χ0n) is 10.8. The zero-order chi connectivity index (χ0) is 13.8. The lowest BCUT2D eigenvalue weighted by molar-refractivity contribution is 0.414. The summed E-state index contributed by atoms with van der Waals surface area (Å²) in [5.74, 6) is 0.868. The van der Waals surface area contributed by atoms with Crippen molar-refractivity contribution in [3.05, 3.63) is 56.5 Å². The van der Waals surface area contributed by atoms with Crippen LogP contribution in [-0.4, -0.2) is 7.11 Å². The zero-order valence-corrected chi connectivity index (χ0v) is 14.0. The van der Waals surface area contributed by atoms with Crippen molar-refractivity contribution < 1.29 is 4.74 Å². The third kappa shape index (κ3) is 3.74. The van der Waals surface area contributed by atoms with Crippen LogP contribution >= 0.6 is 31.9 Å². The molecule has 0 aliphatic rings. The van der Waals surface area contributed by atoms with Crippen LogP contribution in [-0.2, 0) is 6.54 Å². The Morgan fingerprint density at radius 1 is 1.05 bits per heavy atom. The molecule has 0 aliphatic carbocycles.